The van der Waals surface area contributed by atoms with Gasteiger partial charge in [0.25, 0.3) is 0 Å². The van der Waals surface area contributed by atoms with Crippen molar-refractivity contribution in [2.75, 3.05) is 37.4 Å². The molecule has 176 valence electrons. The Hall–Kier alpha value is -2.70. The minimum atomic E-state index is -0.361. The van der Waals surface area contributed by atoms with E-state index in [0.717, 1.165) is 72.9 Å². The second-order valence-corrected chi connectivity index (χ2v) is 9.42. The quantitative estimate of drug-likeness (QED) is 0.389. The summed E-state index contributed by atoms with van der Waals surface area (Å²) in [6, 6.07) is 18.6. The Balaban J connectivity index is 1.18. The van der Waals surface area contributed by atoms with Crippen molar-refractivity contribution >= 4 is 22.7 Å². The molecule has 3 N–H and O–H groups in total. The zero-order valence-electron chi connectivity index (χ0n) is 19.9. The van der Waals surface area contributed by atoms with E-state index in [9.17, 15) is 5.11 Å². The van der Waals surface area contributed by atoms with Gasteiger partial charge in [-0.1, -0.05) is 42.5 Å². The van der Waals surface area contributed by atoms with Gasteiger partial charge in [0.05, 0.1) is 11.6 Å². The molecular formula is C27H37N5O. The van der Waals surface area contributed by atoms with E-state index in [0.29, 0.717) is 6.04 Å². The fourth-order valence-electron chi connectivity index (χ4n) is 4.73. The van der Waals surface area contributed by atoms with Crippen molar-refractivity contribution < 1.29 is 5.11 Å². The topological polar surface area (TPSA) is 73.3 Å². The lowest BCUT2D eigenvalue weighted by atomic mass is 9.86. The Morgan fingerprint density at radius 2 is 1.70 bits per heavy atom. The number of hydrogen-bond acceptors (Lipinski definition) is 6. The number of rotatable bonds is 10. The Bertz CT molecular complexity index is 1000. The molecule has 1 atom stereocenters. The molecule has 3 aromatic rings. The van der Waals surface area contributed by atoms with Crippen LogP contribution in [0.2, 0.25) is 0 Å². The molecule has 0 spiro atoms. The molecule has 6 nitrogen and oxygen atoms in total. The fourth-order valence-corrected chi connectivity index (χ4v) is 4.73. The Morgan fingerprint density at radius 1 is 0.970 bits per heavy atom. The number of aromatic nitrogens is 2. The molecule has 0 bridgehead atoms. The van der Waals surface area contributed by atoms with Crippen molar-refractivity contribution in [3.05, 3.63) is 60.2 Å². The van der Waals surface area contributed by atoms with Gasteiger partial charge < -0.3 is 20.6 Å². The number of hydrogen-bond donors (Lipinski definition) is 3. The van der Waals surface area contributed by atoms with E-state index in [-0.39, 0.29) is 6.10 Å². The van der Waals surface area contributed by atoms with Crippen LogP contribution >= 0.6 is 0 Å². The largest absolute Gasteiger partial charge is 0.388 e. The third kappa shape index (κ3) is 6.42. The van der Waals surface area contributed by atoms with E-state index < -0.39 is 0 Å². The SMILES string of the molecule is CN(C)c1nc(N[C@H]2CC[C@@H](CNCCCC(O)c3ccccc3)CC2)nc2ccccc12. The molecule has 2 aromatic carbocycles. The average Bonchev–Trinajstić information content (AvgIpc) is 2.84. The highest BCUT2D eigenvalue weighted by molar-refractivity contribution is 5.90. The van der Waals surface area contributed by atoms with Crippen LogP contribution in [-0.2, 0) is 0 Å². The summed E-state index contributed by atoms with van der Waals surface area (Å²) in [6.45, 7) is 2.02. The van der Waals surface area contributed by atoms with Crippen molar-refractivity contribution in [2.45, 2.75) is 50.7 Å². The van der Waals surface area contributed by atoms with Gasteiger partial charge in [0.15, 0.2) is 0 Å². The summed E-state index contributed by atoms with van der Waals surface area (Å²) in [5.41, 5.74) is 1.99. The maximum Gasteiger partial charge on any atom is 0.225 e. The van der Waals surface area contributed by atoms with Crippen LogP contribution in [-0.4, -0.2) is 48.3 Å². The first-order valence-corrected chi connectivity index (χ1v) is 12.2. The highest BCUT2D eigenvalue weighted by Gasteiger charge is 2.22. The molecule has 0 aliphatic heterocycles. The predicted molar refractivity (Wildman–Crippen MR) is 137 cm³/mol. The first kappa shape index (κ1) is 23.5. The number of fused-ring (bicyclic) bond motifs is 1. The molecule has 1 aromatic heterocycles. The number of anilines is 2. The molecule has 33 heavy (non-hydrogen) atoms. The first-order valence-electron chi connectivity index (χ1n) is 12.2. The standard InChI is InChI=1S/C27H37N5O/c1-32(2)26-23-11-6-7-12-24(23)30-27(31-26)29-22-16-14-20(15-17-22)19-28-18-8-13-25(33)21-9-4-3-5-10-21/h3-7,9-12,20,22,25,28,33H,8,13-19H2,1-2H3,(H,29,30,31)/t20-,22+,25?. The molecule has 1 heterocycles. The predicted octanol–water partition coefficient (Wildman–Crippen LogP) is 4.77. The minimum absolute atomic E-state index is 0.361. The summed E-state index contributed by atoms with van der Waals surface area (Å²) in [5, 5.41) is 18.6. The Labute approximate surface area is 197 Å². The van der Waals surface area contributed by atoms with Crippen molar-refractivity contribution in [3.63, 3.8) is 0 Å². The molecule has 4 rings (SSSR count). The first-order chi connectivity index (χ1) is 16.1. The van der Waals surface area contributed by atoms with Crippen LogP contribution in [0.15, 0.2) is 54.6 Å². The number of aliphatic hydroxyl groups excluding tert-OH is 1. The summed E-state index contributed by atoms with van der Waals surface area (Å²) in [5.74, 6) is 2.41. The number of benzene rings is 2. The van der Waals surface area contributed by atoms with Gasteiger partial charge in [0, 0.05) is 25.5 Å². The lowest BCUT2D eigenvalue weighted by Crippen LogP contribution is -2.32. The highest BCUT2D eigenvalue weighted by atomic mass is 16.3. The maximum absolute atomic E-state index is 10.3. The van der Waals surface area contributed by atoms with E-state index in [1.165, 1.54) is 12.8 Å². The smallest absolute Gasteiger partial charge is 0.225 e. The third-order valence-corrected chi connectivity index (χ3v) is 6.64. The van der Waals surface area contributed by atoms with E-state index in [1.54, 1.807) is 0 Å². The van der Waals surface area contributed by atoms with E-state index >= 15 is 0 Å². The summed E-state index contributed by atoms with van der Waals surface area (Å²) in [7, 11) is 4.05. The minimum Gasteiger partial charge on any atom is -0.388 e. The zero-order chi connectivity index (χ0) is 23.0. The number of nitrogens with zero attached hydrogens (tertiary/aromatic N) is 3. The van der Waals surface area contributed by atoms with Crippen LogP contribution < -0.4 is 15.5 Å². The van der Waals surface area contributed by atoms with Crippen molar-refractivity contribution in [1.29, 1.82) is 0 Å². The molecule has 1 saturated carbocycles. The Kier molecular flexibility index (Phi) is 8.13. The van der Waals surface area contributed by atoms with Crippen molar-refractivity contribution in [2.24, 2.45) is 5.92 Å². The maximum atomic E-state index is 10.3. The molecule has 0 radical (unpaired) electrons. The van der Waals surface area contributed by atoms with Gasteiger partial charge in [-0.05, 0) is 75.2 Å². The van der Waals surface area contributed by atoms with E-state index in [2.05, 4.69) is 27.7 Å². The number of aliphatic hydroxyl groups is 1. The summed E-state index contributed by atoms with van der Waals surface area (Å²) < 4.78 is 0. The molecule has 0 amide bonds. The second kappa shape index (κ2) is 11.4. The lowest BCUT2D eigenvalue weighted by Gasteiger charge is -2.29. The summed E-state index contributed by atoms with van der Waals surface area (Å²) in [6.07, 6.45) is 6.14. The van der Waals surface area contributed by atoms with Crippen LogP contribution in [0.1, 0.15) is 50.2 Å². The van der Waals surface area contributed by atoms with Gasteiger partial charge in [-0.3, -0.25) is 0 Å². The average molecular weight is 448 g/mol. The molecular weight excluding hydrogens is 410 g/mol. The van der Waals surface area contributed by atoms with E-state index in [4.69, 9.17) is 9.97 Å². The summed E-state index contributed by atoms with van der Waals surface area (Å²) >= 11 is 0. The highest BCUT2D eigenvalue weighted by Crippen LogP contribution is 2.28. The molecule has 1 aliphatic carbocycles. The molecule has 1 aliphatic rings. The van der Waals surface area contributed by atoms with Gasteiger partial charge in [-0.2, -0.15) is 4.98 Å². The van der Waals surface area contributed by atoms with Gasteiger partial charge in [0.2, 0.25) is 5.95 Å². The van der Waals surface area contributed by atoms with Crippen LogP contribution in [0.3, 0.4) is 0 Å². The molecule has 1 unspecified atom stereocenters. The van der Waals surface area contributed by atoms with Crippen molar-refractivity contribution in [1.82, 2.24) is 15.3 Å². The Morgan fingerprint density at radius 3 is 2.45 bits per heavy atom. The number of nitrogens with one attached hydrogen (secondary N) is 2. The molecule has 6 heteroatoms. The molecule has 0 saturated heterocycles. The van der Waals surface area contributed by atoms with Crippen LogP contribution in [0, 0.1) is 5.92 Å². The molecule has 1 fully saturated rings. The third-order valence-electron chi connectivity index (χ3n) is 6.64. The number of para-hydroxylation sites is 1. The van der Waals surface area contributed by atoms with Crippen LogP contribution in [0.25, 0.3) is 10.9 Å². The normalized spacial score (nSPS) is 19.4. The fraction of sp³-hybridized carbons (Fsp3) is 0.481. The van der Waals surface area contributed by atoms with Gasteiger partial charge >= 0.3 is 0 Å². The van der Waals surface area contributed by atoms with Gasteiger partial charge in [0.1, 0.15) is 5.82 Å². The van der Waals surface area contributed by atoms with Gasteiger partial charge in [-0.25, -0.2) is 4.98 Å². The van der Waals surface area contributed by atoms with Crippen LogP contribution in [0.4, 0.5) is 11.8 Å². The monoisotopic (exact) mass is 447 g/mol. The lowest BCUT2D eigenvalue weighted by molar-refractivity contribution is 0.164. The van der Waals surface area contributed by atoms with E-state index in [1.807, 2.05) is 56.6 Å². The second-order valence-electron chi connectivity index (χ2n) is 9.42. The zero-order valence-corrected chi connectivity index (χ0v) is 19.9. The van der Waals surface area contributed by atoms with Crippen molar-refractivity contribution in [3.8, 4) is 0 Å². The summed E-state index contributed by atoms with van der Waals surface area (Å²) in [4.78, 5) is 11.6. The van der Waals surface area contributed by atoms with Gasteiger partial charge in [-0.15, -0.1) is 0 Å². The van der Waals surface area contributed by atoms with Crippen LogP contribution in [0.5, 0.6) is 0 Å².